The van der Waals surface area contributed by atoms with Crippen molar-refractivity contribution in [1.29, 1.82) is 0 Å². The third kappa shape index (κ3) is 17.2. The van der Waals surface area contributed by atoms with Gasteiger partial charge in [-0.3, -0.25) is 28.8 Å². The quantitative estimate of drug-likeness (QED) is 0.0205. The molecule has 3 aliphatic carbocycles. The first-order chi connectivity index (χ1) is 43.3. The second-order valence-electron chi connectivity index (χ2n) is 26.5. The number of alkyl carbamates (subject to hydrolysis) is 1. The number of amides is 3. The number of fused-ring (bicyclic) bond motifs is 5. The molecule has 6 rings (SSSR count). The number of rotatable bonds is 32. The highest BCUT2D eigenvalue weighted by Gasteiger charge is 2.78. The van der Waals surface area contributed by atoms with Gasteiger partial charge in [0.1, 0.15) is 41.7 Å². The van der Waals surface area contributed by atoms with Gasteiger partial charge in [0, 0.05) is 63.5 Å². The lowest BCUT2D eigenvalue weighted by Gasteiger charge is -2.67. The fourth-order valence-electron chi connectivity index (χ4n) is 13.2. The summed E-state index contributed by atoms with van der Waals surface area (Å²) < 4.78 is 52.3. The second kappa shape index (κ2) is 32.0. The minimum atomic E-state index is -2.50. The third-order valence-electron chi connectivity index (χ3n) is 18.9. The number of hydrogen-bond acceptors (Lipinski definition) is 21. The SMILES string of the molecule is CCC(C)(CC)C(=O)C(CCCCNC(=O)CCOCCOCCOC)NC(=O)CCCC(=O)O[C@@H](C(=O)O[C@H]1C[C@@]2(O)[C@@H](OC(=O)c3ccccc3)[C@@H]3[C@]4(OC(C)=O)CO[C@@H]4C[C@H](O)[C@@]3(C)C(=O)[C@H](O)C(=C1C)C2(C)C)[C@@H](NC(=O)OC(C)(C)C)c1ccccc1. The number of benzene rings is 2. The van der Waals surface area contributed by atoms with Gasteiger partial charge >= 0.3 is 30.0 Å². The van der Waals surface area contributed by atoms with Crippen molar-refractivity contribution < 1.29 is 101 Å². The van der Waals surface area contributed by atoms with Crippen LogP contribution in [0.5, 0.6) is 0 Å². The molecule has 0 aromatic heterocycles. The molecule has 1 unspecified atom stereocenters. The molecule has 3 fully saturated rings. The van der Waals surface area contributed by atoms with E-state index in [1.807, 2.05) is 20.8 Å². The number of carbonyl (C=O) groups is 9. The smallest absolute Gasteiger partial charge is 0.408 e. The zero-order valence-electron chi connectivity index (χ0n) is 55.4. The number of nitrogens with one attached hydrogen (secondary N) is 3. The number of Topliss-reactive ketones (excluding diaryl/α,β-unsaturated/α-hetero) is 2. The maximum atomic E-state index is 15.4. The minimum absolute atomic E-state index is 0.0241. The standard InChI is InChI=1S/C68H97N3O21/c1-13-65(10,14-2)57(78)45(28-21-22-32-69-49(74)31-33-85-36-37-86-35-34-84-12)70-50(75)29-23-30-51(76)89-55(53(43-24-17-15-18-25-43)71-62(82)92-63(5,6)7)61(81)88-46-39-68(83)59(90-60(80)44-26-19-16-20-27-44)56-66(11,58(79)54(77)52(41(46)3)64(68,8)9)47(73)38-48-67(56,40-87-48)91-42(4)72/h15-20,24-27,45-48,53-56,59,73,77,83H,13-14,21-23,28-40H2,1-12H3,(H,69,74)(H,70,75)(H,71,82)/t45?,46-,47-,48+,53-,54+,55+,56-,59-,66+,67-,68+/m0/s1. The van der Waals surface area contributed by atoms with Gasteiger partial charge in [-0.15, -0.1) is 0 Å². The Morgan fingerprint density at radius 3 is 2.01 bits per heavy atom. The van der Waals surface area contributed by atoms with E-state index in [1.54, 1.807) is 76.4 Å². The summed E-state index contributed by atoms with van der Waals surface area (Å²) in [6, 6.07) is 13.3. The lowest BCUT2D eigenvalue weighted by molar-refractivity contribution is -0.346. The van der Waals surface area contributed by atoms with Gasteiger partial charge < -0.3 is 73.9 Å². The van der Waals surface area contributed by atoms with Gasteiger partial charge in [-0.1, -0.05) is 83.1 Å². The van der Waals surface area contributed by atoms with Crippen molar-refractivity contribution in [3.8, 4) is 0 Å². The van der Waals surface area contributed by atoms with E-state index in [0.717, 1.165) is 6.92 Å². The third-order valence-corrected chi connectivity index (χ3v) is 18.9. The second-order valence-corrected chi connectivity index (χ2v) is 26.5. The Balaban J connectivity index is 1.28. The van der Waals surface area contributed by atoms with Crippen LogP contribution < -0.4 is 16.0 Å². The van der Waals surface area contributed by atoms with E-state index in [2.05, 4.69) is 16.0 Å². The van der Waals surface area contributed by atoms with Crippen LogP contribution in [-0.2, 0) is 76.2 Å². The average Bonchev–Trinajstić information content (AvgIpc) is 0.672. The van der Waals surface area contributed by atoms with Crippen LogP contribution in [0.3, 0.4) is 0 Å². The Morgan fingerprint density at radius 2 is 1.41 bits per heavy atom. The molecule has 0 spiro atoms. The predicted molar refractivity (Wildman–Crippen MR) is 332 cm³/mol. The molecule has 2 aromatic carbocycles. The van der Waals surface area contributed by atoms with Gasteiger partial charge in [-0.05, 0) is 102 Å². The van der Waals surface area contributed by atoms with Crippen LogP contribution in [0.1, 0.15) is 169 Å². The highest BCUT2D eigenvalue weighted by Crippen LogP contribution is 2.64. The van der Waals surface area contributed by atoms with Crippen LogP contribution in [0.4, 0.5) is 4.79 Å². The molecular weight excluding hydrogens is 1190 g/mol. The number of methoxy groups -OCH3 is 1. The normalized spacial score (nSPS) is 25.9. The van der Waals surface area contributed by atoms with Crippen LogP contribution in [-0.4, -0.2) is 181 Å². The summed E-state index contributed by atoms with van der Waals surface area (Å²) in [7, 11) is 1.58. The number of aliphatic hydroxyl groups is 3. The molecule has 24 heteroatoms. The molecule has 0 radical (unpaired) electrons. The first kappa shape index (κ1) is 74.4. The summed E-state index contributed by atoms with van der Waals surface area (Å²) in [5.74, 6) is -7.63. The van der Waals surface area contributed by atoms with Crippen molar-refractivity contribution in [1.82, 2.24) is 16.0 Å². The van der Waals surface area contributed by atoms with Crippen LogP contribution in [0.2, 0.25) is 0 Å². The lowest BCUT2D eigenvalue weighted by atomic mass is 9.44. The van der Waals surface area contributed by atoms with E-state index < -0.39 is 142 Å². The number of ether oxygens (including phenoxy) is 9. The van der Waals surface area contributed by atoms with Crippen molar-refractivity contribution in [2.75, 3.05) is 53.3 Å². The van der Waals surface area contributed by atoms with E-state index in [1.165, 1.54) is 39.8 Å². The van der Waals surface area contributed by atoms with Gasteiger partial charge in [-0.25, -0.2) is 14.4 Å². The summed E-state index contributed by atoms with van der Waals surface area (Å²) in [5, 5.41) is 47.0. The monoisotopic (exact) mass is 1290 g/mol. The summed E-state index contributed by atoms with van der Waals surface area (Å²) in [5.41, 5.74) is -9.85. The Labute approximate surface area is 539 Å². The van der Waals surface area contributed by atoms with Gasteiger partial charge in [0.15, 0.2) is 17.2 Å². The number of unbranched alkanes of at least 4 members (excludes halogenated alkanes) is 1. The maximum absolute atomic E-state index is 15.4. The van der Waals surface area contributed by atoms with E-state index in [4.69, 9.17) is 42.6 Å². The number of esters is 4. The van der Waals surface area contributed by atoms with E-state index >= 15 is 9.59 Å². The Bertz CT molecular complexity index is 2940. The molecule has 1 heterocycles. The van der Waals surface area contributed by atoms with E-state index in [-0.39, 0.29) is 79.3 Å². The van der Waals surface area contributed by atoms with E-state index in [9.17, 15) is 48.9 Å². The molecule has 2 aromatic rings. The molecule has 6 N–H and O–H groups in total. The molecule has 3 amide bonds. The molecule has 12 atom stereocenters. The van der Waals surface area contributed by atoms with Crippen molar-refractivity contribution >= 4 is 53.4 Å². The average molecular weight is 1290 g/mol. The lowest BCUT2D eigenvalue weighted by Crippen LogP contribution is -2.81. The Kier molecular flexibility index (Phi) is 25.8. The van der Waals surface area contributed by atoms with Crippen LogP contribution >= 0.6 is 0 Å². The number of aliphatic hydroxyl groups excluding tert-OH is 2. The molecule has 510 valence electrons. The largest absolute Gasteiger partial charge is 0.455 e. The van der Waals surface area contributed by atoms with Gasteiger partial charge in [0.25, 0.3) is 0 Å². The van der Waals surface area contributed by atoms with Crippen LogP contribution in [0, 0.1) is 22.2 Å². The van der Waals surface area contributed by atoms with Crippen molar-refractivity contribution in [2.24, 2.45) is 22.2 Å². The highest BCUT2D eigenvalue weighted by molar-refractivity contribution is 5.95. The molecule has 92 heavy (non-hydrogen) atoms. The fourth-order valence-corrected chi connectivity index (χ4v) is 13.2. The Hall–Kier alpha value is -6.67. The molecule has 4 aliphatic rings. The summed E-state index contributed by atoms with van der Waals surface area (Å²) in [4.78, 5) is 127. The number of ketones is 2. The highest BCUT2D eigenvalue weighted by atomic mass is 16.6. The van der Waals surface area contributed by atoms with Crippen LogP contribution in [0.15, 0.2) is 71.8 Å². The fraction of sp³-hybridized carbons (Fsp3) is 0.662. The first-order valence-electron chi connectivity index (χ1n) is 32.0. The number of carbonyl (C=O) groups excluding carboxylic acids is 9. The van der Waals surface area contributed by atoms with Gasteiger partial charge in [0.05, 0.1) is 68.7 Å². The Morgan fingerprint density at radius 1 is 0.783 bits per heavy atom. The summed E-state index contributed by atoms with van der Waals surface area (Å²) in [6.45, 7) is 19.3. The zero-order valence-corrected chi connectivity index (χ0v) is 55.4. The van der Waals surface area contributed by atoms with Crippen LogP contribution in [0.25, 0.3) is 0 Å². The van der Waals surface area contributed by atoms with Gasteiger partial charge in [-0.2, -0.15) is 0 Å². The minimum Gasteiger partial charge on any atom is -0.455 e. The molecule has 1 aliphatic heterocycles. The summed E-state index contributed by atoms with van der Waals surface area (Å²) in [6.07, 6.45) is -10.8. The zero-order chi connectivity index (χ0) is 68.0. The van der Waals surface area contributed by atoms with Gasteiger partial charge in [0.2, 0.25) is 17.9 Å². The number of hydrogen-bond donors (Lipinski definition) is 6. The molecule has 1 saturated heterocycles. The molecule has 2 saturated carbocycles. The maximum Gasteiger partial charge on any atom is 0.408 e. The summed E-state index contributed by atoms with van der Waals surface area (Å²) >= 11 is 0. The first-order valence-corrected chi connectivity index (χ1v) is 32.0. The molecular formula is C68H97N3O21. The molecule has 24 nitrogen and oxygen atoms in total. The predicted octanol–water partition coefficient (Wildman–Crippen LogP) is 6.22. The van der Waals surface area contributed by atoms with Crippen molar-refractivity contribution in [3.63, 3.8) is 0 Å². The molecule has 2 bridgehead atoms. The van der Waals surface area contributed by atoms with E-state index in [0.29, 0.717) is 58.7 Å². The topological polar surface area (TPSA) is 333 Å². The van der Waals surface area contributed by atoms with Crippen molar-refractivity contribution in [2.45, 2.75) is 212 Å². The van der Waals surface area contributed by atoms with Crippen molar-refractivity contribution in [3.05, 3.63) is 82.9 Å².